The second-order valence-corrected chi connectivity index (χ2v) is 4.94. The topological polar surface area (TPSA) is 58.3 Å². The largest absolute Gasteiger partial charge is 0.368 e. The normalized spacial score (nSPS) is 20.9. The van der Waals surface area contributed by atoms with Crippen molar-refractivity contribution in [2.75, 3.05) is 37.8 Å². The minimum absolute atomic E-state index is 0.359. The van der Waals surface area contributed by atoms with E-state index in [-0.39, 0.29) is 0 Å². The van der Waals surface area contributed by atoms with Crippen molar-refractivity contribution in [3.05, 3.63) is 11.8 Å². The highest BCUT2D eigenvalue weighted by molar-refractivity contribution is 5.48. The van der Waals surface area contributed by atoms with Crippen LogP contribution in [0.5, 0.6) is 0 Å². The predicted octanol–water partition coefficient (Wildman–Crippen LogP) is 0.898. The van der Waals surface area contributed by atoms with Crippen LogP contribution in [-0.4, -0.2) is 48.1 Å². The maximum Gasteiger partial charge on any atom is 0.221 e. The average Bonchev–Trinajstić information content (AvgIpc) is 2.32. The Morgan fingerprint density at radius 3 is 2.94 bits per heavy atom. The molecule has 17 heavy (non-hydrogen) atoms. The fraction of sp³-hybridized carbons (Fsp3) is 0.667. The summed E-state index contributed by atoms with van der Waals surface area (Å²) in [6.07, 6.45) is 4.26. The summed E-state index contributed by atoms with van der Waals surface area (Å²) in [5.41, 5.74) is 6.77. The molecule has 5 nitrogen and oxygen atoms in total. The minimum atomic E-state index is 0.359. The van der Waals surface area contributed by atoms with Crippen molar-refractivity contribution in [3.8, 4) is 0 Å². The van der Waals surface area contributed by atoms with Gasteiger partial charge in [0.1, 0.15) is 5.82 Å². The van der Waals surface area contributed by atoms with Gasteiger partial charge in [-0.15, -0.1) is 0 Å². The molecule has 5 heteroatoms. The third-order valence-electron chi connectivity index (χ3n) is 3.39. The number of nitrogen functional groups attached to an aromatic ring is 1. The number of piperidine rings is 1. The van der Waals surface area contributed by atoms with Gasteiger partial charge in [0.2, 0.25) is 5.95 Å². The van der Waals surface area contributed by atoms with Crippen LogP contribution in [0, 0.1) is 6.92 Å². The maximum absolute atomic E-state index is 5.67. The summed E-state index contributed by atoms with van der Waals surface area (Å²) in [6.45, 7) is 4.11. The lowest BCUT2D eigenvalue weighted by Gasteiger charge is -2.37. The monoisotopic (exact) mass is 235 g/mol. The molecule has 0 aromatic carbocycles. The molecule has 2 heterocycles. The smallest absolute Gasteiger partial charge is 0.221 e. The average molecular weight is 235 g/mol. The van der Waals surface area contributed by atoms with Crippen LogP contribution in [0.2, 0.25) is 0 Å². The standard InChI is InChI=1S/C12H21N5/c1-9-7-14-12(13)15-11(9)17-6-4-5-10(8-17)16(2)3/h7,10H,4-6,8H2,1-3H3,(H2,13,14,15). The SMILES string of the molecule is Cc1cnc(N)nc1N1CCCC(N(C)C)C1. The number of anilines is 2. The fourth-order valence-corrected chi connectivity index (χ4v) is 2.33. The molecule has 0 radical (unpaired) electrons. The molecule has 1 aromatic rings. The first-order chi connectivity index (χ1) is 8.08. The second-order valence-electron chi connectivity index (χ2n) is 4.94. The number of nitrogens with two attached hydrogens (primary N) is 1. The van der Waals surface area contributed by atoms with E-state index in [1.54, 1.807) is 6.20 Å². The van der Waals surface area contributed by atoms with Gasteiger partial charge in [0.25, 0.3) is 0 Å². The summed E-state index contributed by atoms with van der Waals surface area (Å²) >= 11 is 0. The van der Waals surface area contributed by atoms with Gasteiger partial charge in [0, 0.05) is 30.9 Å². The number of aryl methyl sites for hydroxylation is 1. The summed E-state index contributed by atoms with van der Waals surface area (Å²) in [4.78, 5) is 13.0. The van der Waals surface area contributed by atoms with Crippen LogP contribution >= 0.6 is 0 Å². The van der Waals surface area contributed by atoms with Crippen LogP contribution in [-0.2, 0) is 0 Å². The molecular weight excluding hydrogens is 214 g/mol. The molecule has 0 amide bonds. The fourth-order valence-electron chi connectivity index (χ4n) is 2.33. The van der Waals surface area contributed by atoms with Crippen molar-refractivity contribution < 1.29 is 0 Å². The molecule has 0 saturated carbocycles. The van der Waals surface area contributed by atoms with E-state index in [1.165, 1.54) is 12.8 Å². The lowest BCUT2D eigenvalue weighted by atomic mass is 10.0. The number of hydrogen-bond acceptors (Lipinski definition) is 5. The molecule has 1 fully saturated rings. The van der Waals surface area contributed by atoms with Crippen LogP contribution in [0.3, 0.4) is 0 Å². The number of rotatable bonds is 2. The van der Waals surface area contributed by atoms with Crippen molar-refractivity contribution in [3.63, 3.8) is 0 Å². The third-order valence-corrected chi connectivity index (χ3v) is 3.39. The first-order valence-electron chi connectivity index (χ1n) is 6.08. The Bertz CT molecular complexity index is 390. The zero-order valence-electron chi connectivity index (χ0n) is 10.8. The van der Waals surface area contributed by atoms with E-state index in [2.05, 4.69) is 33.9 Å². The van der Waals surface area contributed by atoms with Gasteiger partial charge in [0.15, 0.2) is 0 Å². The Kier molecular flexibility index (Phi) is 3.47. The van der Waals surface area contributed by atoms with Crippen LogP contribution in [0.1, 0.15) is 18.4 Å². The summed E-state index contributed by atoms with van der Waals surface area (Å²) in [5.74, 6) is 1.35. The lowest BCUT2D eigenvalue weighted by Crippen LogP contribution is -2.45. The van der Waals surface area contributed by atoms with Crippen LogP contribution in [0.4, 0.5) is 11.8 Å². The molecule has 1 saturated heterocycles. The van der Waals surface area contributed by atoms with Gasteiger partial charge in [-0.2, -0.15) is 4.98 Å². The van der Waals surface area contributed by atoms with E-state index < -0.39 is 0 Å². The Hall–Kier alpha value is -1.36. The molecular formula is C12H21N5. The summed E-state index contributed by atoms with van der Waals surface area (Å²) in [6, 6.07) is 0.597. The van der Waals surface area contributed by atoms with Crippen LogP contribution < -0.4 is 10.6 Å². The number of hydrogen-bond donors (Lipinski definition) is 1. The summed E-state index contributed by atoms with van der Waals surface area (Å²) in [7, 11) is 4.27. The molecule has 94 valence electrons. The van der Waals surface area contributed by atoms with Gasteiger partial charge in [-0.1, -0.05) is 0 Å². The Balaban J connectivity index is 2.18. The lowest BCUT2D eigenvalue weighted by molar-refractivity contribution is 0.257. The highest BCUT2D eigenvalue weighted by Crippen LogP contribution is 2.22. The molecule has 0 bridgehead atoms. The highest BCUT2D eigenvalue weighted by Gasteiger charge is 2.23. The third kappa shape index (κ3) is 2.66. The maximum atomic E-state index is 5.67. The van der Waals surface area contributed by atoms with E-state index >= 15 is 0 Å². The first-order valence-corrected chi connectivity index (χ1v) is 6.08. The van der Waals surface area contributed by atoms with Crippen molar-refractivity contribution in [2.24, 2.45) is 0 Å². The van der Waals surface area contributed by atoms with Crippen LogP contribution in [0.25, 0.3) is 0 Å². The molecule has 0 spiro atoms. The quantitative estimate of drug-likeness (QED) is 0.825. The van der Waals surface area contributed by atoms with Gasteiger partial charge < -0.3 is 15.5 Å². The summed E-state index contributed by atoms with van der Waals surface area (Å²) < 4.78 is 0. The molecule has 2 N–H and O–H groups in total. The number of likely N-dealkylation sites (N-methyl/N-ethyl adjacent to an activating group) is 1. The van der Waals surface area contributed by atoms with Crippen molar-refractivity contribution in [1.82, 2.24) is 14.9 Å². The van der Waals surface area contributed by atoms with Crippen molar-refractivity contribution >= 4 is 11.8 Å². The van der Waals surface area contributed by atoms with Crippen molar-refractivity contribution in [1.29, 1.82) is 0 Å². The molecule has 0 aliphatic carbocycles. The van der Waals surface area contributed by atoms with E-state index in [4.69, 9.17) is 5.73 Å². The molecule has 1 aromatic heterocycles. The molecule has 1 aliphatic heterocycles. The Morgan fingerprint density at radius 1 is 1.47 bits per heavy atom. The predicted molar refractivity (Wildman–Crippen MR) is 70.1 cm³/mol. The van der Waals surface area contributed by atoms with Gasteiger partial charge in [0.05, 0.1) is 0 Å². The van der Waals surface area contributed by atoms with E-state index in [1.807, 2.05) is 6.92 Å². The van der Waals surface area contributed by atoms with Gasteiger partial charge in [-0.25, -0.2) is 4.98 Å². The van der Waals surface area contributed by atoms with Gasteiger partial charge in [-0.3, -0.25) is 0 Å². The van der Waals surface area contributed by atoms with Gasteiger partial charge in [-0.05, 0) is 33.9 Å². The molecule has 1 aliphatic rings. The Morgan fingerprint density at radius 2 is 2.24 bits per heavy atom. The van der Waals surface area contributed by atoms with E-state index in [9.17, 15) is 0 Å². The van der Waals surface area contributed by atoms with E-state index in [0.29, 0.717) is 12.0 Å². The molecule has 1 atom stereocenters. The highest BCUT2D eigenvalue weighted by atomic mass is 15.3. The number of nitrogens with zero attached hydrogens (tertiary/aromatic N) is 4. The number of aromatic nitrogens is 2. The Labute approximate surface area is 103 Å². The molecule has 1 unspecified atom stereocenters. The molecule has 2 rings (SSSR count). The summed E-state index contributed by atoms with van der Waals surface area (Å²) in [5, 5.41) is 0. The zero-order chi connectivity index (χ0) is 12.4. The first kappa shape index (κ1) is 12.1. The zero-order valence-corrected chi connectivity index (χ0v) is 10.8. The van der Waals surface area contributed by atoms with E-state index in [0.717, 1.165) is 24.5 Å². The van der Waals surface area contributed by atoms with Gasteiger partial charge >= 0.3 is 0 Å². The van der Waals surface area contributed by atoms with Crippen LogP contribution in [0.15, 0.2) is 6.20 Å². The van der Waals surface area contributed by atoms with Crippen molar-refractivity contribution in [2.45, 2.75) is 25.8 Å². The second kappa shape index (κ2) is 4.87. The minimum Gasteiger partial charge on any atom is -0.368 e.